The molecule has 1 aromatic rings. The van der Waals surface area contributed by atoms with Gasteiger partial charge in [0.05, 0.1) is 26.2 Å². The summed E-state index contributed by atoms with van der Waals surface area (Å²) in [6.45, 7) is 4.08. The molecule has 0 amide bonds. The van der Waals surface area contributed by atoms with Crippen molar-refractivity contribution in [1.82, 2.24) is 9.63 Å². The van der Waals surface area contributed by atoms with Crippen LogP contribution in [0.1, 0.15) is 38.5 Å². The van der Waals surface area contributed by atoms with E-state index in [1.54, 1.807) is 12.3 Å². The predicted octanol–water partition coefficient (Wildman–Crippen LogP) is 1.32. The van der Waals surface area contributed by atoms with Gasteiger partial charge in [0.25, 0.3) is 5.56 Å². The molecule has 2 aliphatic rings. The van der Waals surface area contributed by atoms with Gasteiger partial charge >= 0.3 is 6.02 Å². The minimum absolute atomic E-state index is 0.121. The van der Waals surface area contributed by atoms with E-state index >= 15 is 0 Å². The van der Waals surface area contributed by atoms with Gasteiger partial charge in [-0.05, 0) is 44.6 Å². The summed E-state index contributed by atoms with van der Waals surface area (Å²) in [7, 11) is 0. The van der Waals surface area contributed by atoms with Gasteiger partial charge in [-0.1, -0.05) is 6.07 Å². The van der Waals surface area contributed by atoms with E-state index in [4.69, 9.17) is 4.84 Å². The molecule has 0 aliphatic carbocycles. The summed E-state index contributed by atoms with van der Waals surface area (Å²) in [5, 5.41) is 0. The molecule has 2 aliphatic heterocycles. The first kappa shape index (κ1) is 14.2. The van der Waals surface area contributed by atoms with Crippen molar-refractivity contribution in [3.63, 3.8) is 0 Å². The van der Waals surface area contributed by atoms with E-state index in [1.807, 2.05) is 6.07 Å². The fraction of sp³-hybridized carbons (Fsp3) is 0.625. The Labute approximate surface area is 125 Å². The average molecular weight is 290 g/mol. The zero-order valence-electron chi connectivity index (χ0n) is 12.5. The summed E-state index contributed by atoms with van der Waals surface area (Å²) in [6, 6.07) is 5.96. The number of amidine groups is 1. The van der Waals surface area contributed by atoms with Crippen LogP contribution in [0.3, 0.4) is 0 Å². The van der Waals surface area contributed by atoms with Gasteiger partial charge in [-0.15, -0.1) is 4.73 Å². The molecule has 0 bridgehead atoms. The first-order chi connectivity index (χ1) is 10.3. The maximum atomic E-state index is 11.9. The Morgan fingerprint density at radius 2 is 1.71 bits per heavy atom. The first-order valence-electron chi connectivity index (χ1n) is 8.07. The van der Waals surface area contributed by atoms with Gasteiger partial charge in [-0.3, -0.25) is 9.63 Å². The molecule has 114 valence electrons. The van der Waals surface area contributed by atoms with Crippen LogP contribution in [0.25, 0.3) is 0 Å². The fourth-order valence-electron chi connectivity index (χ4n) is 3.06. The number of piperidine rings is 2. The number of hydrogen-bond donors (Lipinski definition) is 0. The maximum absolute atomic E-state index is 11.9. The van der Waals surface area contributed by atoms with Crippen LogP contribution in [0, 0.1) is 0 Å². The Morgan fingerprint density at radius 3 is 2.43 bits per heavy atom. The van der Waals surface area contributed by atoms with Crippen molar-refractivity contribution in [1.29, 1.82) is 0 Å². The molecular weight excluding hydrogens is 266 g/mol. The lowest BCUT2D eigenvalue weighted by atomic mass is 10.1. The third-order valence-corrected chi connectivity index (χ3v) is 4.22. The van der Waals surface area contributed by atoms with Crippen LogP contribution in [-0.4, -0.2) is 46.4 Å². The zero-order valence-corrected chi connectivity index (χ0v) is 12.5. The summed E-state index contributed by atoms with van der Waals surface area (Å²) < 4.78 is 3.65. The van der Waals surface area contributed by atoms with Gasteiger partial charge in [0.15, 0.2) is 0 Å². The Bertz CT molecular complexity index is 551. The van der Waals surface area contributed by atoms with Crippen LogP contribution in [0.2, 0.25) is 0 Å². The summed E-state index contributed by atoms with van der Waals surface area (Å²) >= 11 is 0. The lowest BCUT2D eigenvalue weighted by Crippen LogP contribution is -2.49. The normalized spacial score (nSPS) is 19.4. The van der Waals surface area contributed by atoms with Crippen LogP contribution in [0.5, 0.6) is 0 Å². The van der Waals surface area contributed by atoms with E-state index in [-0.39, 0.29) is 5.56 Å². The second kappa shape index (κ2) is 6.78. The number of rotatable bonds is 1. The smallest absolute Gasteiger partial charge is 0.295 e. The molecule has 5 nitrogen and oxygen atoms in total. The minimum atomic E-state index is -0.121. The van der Waals surface area contributed by atoms with E-state index in [9.17, 15) is 4.79 Å². The largest absolute Gasteiger partial charge is 0.471 e. The second-order valence-electron chi connectivity index (χ2n) is 5.83. The molecule has 0 N–H and O–H groups in total. The Balaban J connectivity index is 1.88. The van der Waals surface area contributed by atoms with Gasteiger partial charge in [0.1, 0.15) is 0 Å². The SMILES string of the molecule is O=c1ccccn1OC(N1CCCCC1)=[N+]1CCCCC1. The lowest BCUT2D eigenvalue weighted by molar-refractivity contribution is -0.550. The first-order valence-corrected chi connectivity index (χ1v) is 8.07. The van der Waals surface area contributed by atoms with Crippen LogP contribution < -0.4 is 10.4 Å². The molecule has 2 fully saturated rings. The zero-order chi connectivity index (χ0) is 14.5. The Hall–Kier alpha value is -1.78. The number of aromatic nitrogens is 1. The molecular formula is C16H24N3O2+. The van der Waals surface area contributed by atoms with Gasteiger partial charge in [0, 0.05) is 12.3 Å². The Morgan fingerprint density at radius 1 is 1.00 bits per heavy atom. The average Bonchev–Trinajstić information content (AvgIpc) is 2.56. The van der Waals surface area contributed by atoms with E-state index in [1.165, 1.54) is 49.3 Å². The van der Waals surface area contributed by atoms with Crippen molar-refractivity contribution in [3.05, 3.63) is 34.7 Å². The standard InChI is InChI=1S/C16H24N3O2/c20-15-9-3-8-14-19(15)21-16(17-10-4-1-5-11-17)18-12-6-2-7-13-18/h3,8-9,14H,1-2,4-7,10-13H2/q+1. The van der Waals surface area contributed by atoms with Crippen molar-refractivity contribution < 1.29 is 9.41 Å². The topological polar surface area (TPSA) is 37.5 Å². The molecule has 0 aromatic carbocycles. The van der Waals surface area contributed by atoms with E-state index in [0.717, 1.165) is 32.2 Å². The highest BCUT2D eigenvalue weighted by molar-refractivity contribution is 5.69. The van der Waals surface area contributed by atoms with Crippen molar-refractivity contribution in [2.24, 2.45) is 0 Å². The van der Waals surface area contributed by atoms with Crippen LogP contribution in [-0.2, 0) is 0 Å². The molecule has 2 saturated heterocycles. The van der Waals surface area contributed by atoms with E-state index < -0.39 is 0 Å². The molecule has 0 spiro atoms. The summed E-state index contributed by atoms with van der Waals surface area (Å²) in [6.07, 6.45) is 9.06. The molecule has 3 rings (SSSR count). The molecule has 3 heterocycles. The quantitative estimate of drug-likeness (QED) is 0.578. The van der Waals surface area contributed by atoms with Crippen LogP contribution in [0.15, 0.2) is 29.2 Å². The van der Waals surface area contributed by atoms with Gasteiger partial charge < -0.3 is 0 Å². The number of nitrogens with zero attached hydrogens (tertiary/aromatic N) is 3. The third kappa shape index (κ3) is 3.46. The number of likely N-dealkylation sites (tertiary alicyclic amines) is 1. The van der Waals surface area contributed by atoms with Crippen LogP contribution >= 0.6 is 0 Å². The lowest BCUT2D eigenvalue weighted by Gasteiger charge is -2.26. The summed E-state index contributed by atoms with van der Waals surface area (Å²) in [5.41, 5.74) is -0.121. The van der Waals surface area contributed by atoms with Gasteiger partial charge in [-0.25, -0.2) is 9.48 Å². The van der Waals surface area contributed by atoms with Gasteiger partial charge in [-0.2, -0.15) is 0 Å². The molecule has 1 aromatic heterocycles. The third-order valence-electron chi connectivity index (χ3n) is 4.22. The molecule has 0 unspecified atom stereocenters. The van der Waals surface area contributed by atoms with Crippen molar-refractivity contribution in [2.75, 3.05) is 26.2 Å². The highest BCUT2D eigenvalue weighted by atomic mass is 16.7. The monoisotopic (exact) mass is 290 g/mol. The fourth-order valence-corrected chi connectivity index (χ4v) is 3.06. The summed E-state index contributed by atoms with van der Waals surface area (Å²) in [5.74, 6) is 0. The highest BCUT2D eigenvalue weighted by Gasteiger charge is 2.29. The van der Waals surface area contributed by atoms with Crippen LogP contribution in [0.4, 0.5) is 0 Å². The minimum Gasteiger partial charge on any atom is -0.295 e. The molecule has 5 heteroatoms. The maximum Gasteiger partial charge on any atom is 0.471 e. The summed E-state index contributed by atoms with van der Waals surface area (Å²) in [4.78, 5) is 20.2. The van der Waals surface area contributed by atoms with Gasteiger partial charge in [0.2, 0.25) is 0 Å². The second-order valence-corrected chi connectivity index (χ2v) is 5.83. The molecule has 0 radical (unpaired) electrons. The highest BCUT2D eigenvalue weighted by Crippen LogP contribution is 2.11. The van der Waals surface area contributed by atoms with Crippen molar-refractivity contribution in [3.8, 4) is 0 Å². The molecule has 0 atom stereocenters. The van der Waals surface area contributed by atoms with Crippen molar-refractivity contribution in [2.45, 2.75) is 38.5 Å². The van der Waals surface area contributed by atoms with E-state index in [0.29, 0.717) is 0 Å². The number of pyridine rings is 1. The number of hydrogen-bond acceptors (Lipinski definition) is 2. The molecule has 0 saturated carbocycles. The Kier molecular flexibility index (Phi) is 4.58. The predicted molar refractivity (Wildman–Crippen MR) is 81.6 cm³/mol. The van der Waals surface area contributed by atoms with Crippen molar-refractivity contribution >= 4 is 6.02 Å². The molecule has 21 heavy (non-hydrogen) atoms. The van der Waals surface area contributed by atoms with E-state index in [2.05, 4.69) is 9.48 Å².